The largest absolute Gasteiger partial charge is 0.326 e. The molecule has 5 heteroatoms. The van der Waals surface area contributed by atoms with E-state index < -0.39 is 0 Å². The van der Waals surface area contributed by atoms with Crippen LogP contribution in [-0.2, 0) is 13.6 Å². The van der Waals surface area contributed by atoms with Crippen LogP contribution in [0, 0.1) is 0 Å². The molecule has 0 aliphatic heterocycles. The van der Waals surface area contributed by atoms with E-state index in [0.717, 1.165) is 15.6 Å². The summed E-state index contributed by atoms with van der Waals surface area (Å²) in [6.45, 7) is 0.543. The van der Waals surface area contributed by atoms with Gasteiger partial charge in [-0.25, -0.2) is 9.67 Å². The van der Waals surface area contributed by atoms with Gasteiger partial charge in [0.2, 0.25) is 0 Å². The molecule has 0 fully saturated rings. The standard InChI is InChI=1S/C10H12N4S/c1-14-10(12-7-13-14)15-9-5-3-2-4-8(9)6-11/h2-5,7H,6,11H2,1H3. The van der Waals surface area contributed by atoms with Crippen molar-refractivity contribution in [2.75, 3.05) is 0 Å². The van der Waals surface area contributed by atoms with Gasteiger partial charge in [-0.15, -0.1) is 0 Å². The molecule has 0 bridgehead atoms. The van der Waals surface area contributed by atoms with Crippen molar-refractivity contribution in [1.29, 1.82) is 0 Å². The summed E-state index contributed by atoms with van der Waals surface area (Å²) in [4.78, 5) is 5.30. The molecule has 0 amide bonds. The van der Waals surface area contributed by atoms with Crippen molar-refractivity contribution in [3.05, 3.63) is 36.2 Å². The topological polar surface area (TPSA) is 56.7 Å². The molecule has 2 aromatic rings. The number of nitrogens with two attached hydrogens (primary N) is 1. The van der Waals surface area contributed by atoms with Gasteiger partial charge in [-0.3, -0.25) is 0 Å². The van der Waals surface area contributed by atoms with Crippen LogP contribution in [0.25, 0.3) is 0 Å². The van der Waals surface area contributed by atoms with Crippen LogP contribution in [0.4, 0.5) is 0 Å². The molecule has 0 unspecified atom stereocenters. The van der Waals surface area contributed by atoms with Gasteiger partial charge < -0.3 is 5.73 Å². The molecule has 0 aliphatic rings. The molecule has 78 valence electrons. The van der Waals surface area contributed by atoms with Crippen LogP contribution in [-0.4, -0.2) is 14.8 Å². The highest BCUT2D eigenvalue weighted by molar-refractivity contribution is 7.99. The molecule has 2 rings (SSSR count). The lowest BCUT2D eigenvalue weighted by atomic mass is 10.2. The van der Waals surface area contributed by atoms with E-state index >= 15 is 0 Å². The first-order valence-corrected chi connectivity index (χ1v) is 5.42. The summed E-state index contributed by atoms with van der Waals surface area (Å²) in [7, 11) is 1.88. The van der Waals surface area contributed by atoms with E-state index in [0.29, 0.717) is 6.54 Å². The summed E-state index contributed by atoms with van der Waals surface area (Å²) in [5, 5.41) is 4.89. The van der Waals surface area contributed by atoms with E-state index in [-0.39, 0.29) is 0 Å². The lowest BCUT2D eigenvalue weighted by Crippen LogP contribution is -1.99. The van der Waals surface area contributed by atoms with Crippen LogP contribution in [0.2, 0.25) is 0 Å². The van der Waals surface area contributed by atoms with E-state index in [9.17, 15) is 0 Å². The van der Waals surface area contributed by atoms with Crippen LogP contribution in [0.15, 0.2) is 40.6 Å². The fraction of sp³-hybridized carbons (Fsp3) is 0.200. The van der Waals surface area contributed by atoms with E-state index in [2.05, 4.69) is 10.1 Å². The number of aromatic nitrogens is 3. The molecular weight excluding hydrogens is 208 g/mol. The Morgan fingerprint density at radius 1 is 1.40 bits per heavy atom. The van der Waals surface area contributed by atoms with Gasteiger partial charge in [0, 0.05) is 18.5 Å². The van der Waals surface area contributed by atoms with Crippen LogP contribution in [0.1, 0.15) is 5.56 Å². The lowest BCUT2D eigenvalue weighted by Gasteiger charge is -2.05. The number of rotatable bonds is 3. The van der Waals surface area contributed by atoms with Crippen molar-refractivity contribution in [2.24, 2.45) is 12.8 Å². The molecule has 0 atom stereocenters. The summed E-state index contributed by atoms with van der Waals surface area (Å²) >= 11 is 1.58. The maximum atomic E-state index is 5.66. The SMILES string of the molecule is Cn1ncnc1Sc1ccccc1CN. The Balaban J connectivity index is 2.28. The quantitative estimate of drug-likeness (QED) is 0.850. The molecule has 1 aromatic carbocycles. The fourth-order valence-electron chi connectivity index (χ4n) is 1.25. The highest BCUT2D eigenvalue weighted by Crippen LogP contribution is 2.27. The van der Waals surface area contributed by atoms with Crippen molar-refractivity contribution in [1.82, 2.24) is 14.8 Å². The number of hydrogen-bond acceptors (Lipinski definition) is 4. The van der Waals surface area contributed by atoms with Crippen LogP contribution >= 0.6 is 11.8 Å². The first-order chi connectivity index (χ1) is 7.31. The monoisotopic (exact) mass is 220 g/mol. The number of nitrogens with zero attached hydrogens (tertiary/aromatic N) is 3. The Kier molecular flexibility index (Phi) is 3.03. The lowest BCUT2D eigenvalue weighted by molar-refractivity contribution is 0.685. The minimum absolute atomic E-state index is 0.543. The molecular formula is C10H12N4S. The highest BCUT2D eigenvalue weighted by atomic mass is 32.2. The second-order valence-corrected chi connectivity index (χ2v) is 4.09. The smallest absolute Gasteiger partial charge is 0.190 e. The van der Waals surface area contributed by atoms with Crippen LogP contribution in [0.5, 0.6) is 0 Å². The molecule has 0 aliphatic carbocycles. The Hall–Kier alpha value is -1.33. The van der Waals surface area contributed by atoms with Crippen molar-refractivity contribution in [3.63, 3.8) is 0 Å². The van der Waals surface area contributed by atoms with Crippen LogP contribution in [0.3, 0.4) is 0 Å². The zero-order chi connectivity index (χ0) is 10.7. The van der Waals surface area contributed by atoms with Gasteiger partial charge in [-0.1, -0.05) is 18.2 Å². The summed E-state index contributed by atoms with van der Waals surface area (Å²) in [5.74, 6) is 0. The Morgan fingerprint density at radius 3 is 2.87 bits per heavy atom. The Morgan fingerprint density at radius 2 is 2.20 bits per heavy atom. The first kappa shape index (κ1) is 10.2. The predicted molar refractivity (Wildman–Crippen MR) is 59.5 cm³/mol. The summed E-state index contributed by atoms with van der Waals surface area (Å²) in [6.07, 6.45) is 1.55. The van der Waals surface area contributed by atoms with Crippen molar-refractivity contribution < 1.29 is 0 Å². The summed E-state index contributed by atoms with van der Waals surface area (Å²) in [5.41, 5.74) is 6.79. The first-order valence-electron chi connectivity index (χ1n) is 4.61. The summed E-state index contributed by atoms with van der Waals surface area (Å²) in [6, 6.07) is 8.06. The van der Waals surface area contributed by atoms with Crippen LogP contribution < -0.4 is 5.73 Å². The summed E-state index contributed by atoms with van der Waals surface area (Å²) < 4.78 is 1.75. The van der Waals surface area contributed by atoms with Gasteiger partial charge in [0.1, 0.15) is 6.33 Å². The van der Waals surface area contributed by atoms with Gasteiger partial charge in [0.05, 0.1) is 0 Å². The Labute approximate surface area is 92.5 Å². The average Bonchev–Trinajstić information content (AvgIpc) is 2.65. The predicted octanol–water partition coefficient (Wildman–Crippen LogP) is 1.43. The third-order valence-corrected chi connectivity index (χ3v) is 3.23. The van der Waals surface area contributed by atoms with Crippen molar-refractivity contribution in [2.45, 2.75) is 16.6 Å². The maximum absolute atomic E-state index is 5.66. The number of hydrogen-bond donors (Lipinski definition) is 1. The molecule has 0 radical (unpaired) electrons. The average molecular weight is 220 g/mol. The third kappa shape index (κ3) is 2.19. The second-order valence-electron chi connectivity index (χ2n) is 3.08. The second kappa shape index (κ2) is 4.46. The van der Waals surface area contributed by atoms with Gasteiger partial charge >= 0.3 is 0 Å². The zero-order valence-electron chi connectivity index (χ0n) is 8.42. The van der Waals surface area contributed by atoms with Gasteiger partial charge in [0.25, 0.3) is 0 Å². The highest BCUT2D eigenvalue weighted by Gasteiger charge is 2.06. The molecule has 0 saturated carbocycles. The van der Waals surface area contributed by atoms with Gasteiger partial charge in [0.15, 0.2) is 5.16 Å². The molecule has 2 N–H and O–H groups in total. The minimum Gasteiger partial charge on any atom is -0.326 e. The fourth-order valence-corrected chi connectivity index (χ4v) is 2.15. The third-order valence-electron chi connectivity index (χ3n) is 2.06. The molecule has 0 saturated heterocycles. The van der Waals surface area contributed by atoms with E-state index in [4.69, 9.17) is 5.73 Å². The number of benzene rings is 1. The molecule has 4 nitrogen and oxygen atoms in total. The van der Waals surface area contributed by atoms with E-state index in [1.165, 1.54) is 0 Å². The molecule has 1 heterocycles. The molecule has 15 heavy (non-hydrogen) atoms. The van der Waals surface area contributed by atoms with Gasteiger partial charge in [-0.2, -0.15) is 5.10 Å². The van der Waals surface area contributed by atoms with Crippen molar-refractivity contribution >= 4 is 11.8 Å². The Bertz CT molecular complexity index is 452. The molecule has 1 aromatic heterocycles. The number of aryl methyl sites for hydroxylation is 1. The molecule has 0 spiro atoms. The zero-order valence-corrected chi connectivity index (χ0v) is 9.24. The normalized spacial score (nSPS) is 10.5. The van der Waals surface area contributed by atoms with E-state index in [1.54, 1.807) is 22.8 Å². The van der Waals surface area contributed by atoms with E-state index in [1.807, 2.05) is 31.3 Å². The van der Waals surface area contributed by atoms with Gasteiger partial charge in [-0.05, 0) is 23.4 Å². The minimum atomic E-state index is 0.543. The maximum Gasteiger partial charge on any atom is 0.190 e. The van der Waals surface area contributed by atoms with Crippen molar-refractivity contribution in [3.8, 4) is 0 Å².